The van der Waals surface area contributed by atoms with Gasteiger partial charge in [0.05, 0.1) is 0 Å². The molecule has 0 heterocycles. The van der Waals surface area contributed by atoms with Crippen molar-refractivity contribution in [3.05, 3.63) is 188 Å². The first kappa shape index (κ1) is 27.7. The van der Waals surface area contributed by atoms with E-state index in [0.717, 1.165) is 17.1 Å². The highest BCUT2D eigenvalue weighted by molar-refractivity contribution is 6.25. The number of anilines is 3. The zero-order valence-corrected chi connectivity index (χ0v) is 26.8. The highest BCUT2D eigenvalue weighted by atomic mass is 15.1. The molecule has 0 bridgehead atoms. The normalized spacial score (nSPS) is 11.7. The summed E-state index contributed by atoms with van der Waals surface area (Å²) in [4.78, 5) is 2.30. The molecule has 10 aromatic carbocycles. The van der Waals surface area contributed by atoms with E-state index in [0.29, 0.717) is 0 Å². The summed E-state index contributed by atoms with van der Waals surface area (Å²) in [6, 6.07) is 68.7. The van der Waals surface area contributed by atoms with Crippen molar-refractivity contribution in [2.24, 2.45) is 0 Å². The lowest BCUT2D eigenvalue weighted by Crippen LogP contribution is -2.09. The molecule has 0 fully saturated rings. The van der Waals surface area contributed by atoms with Gasteiger partial charge in [0, 0.05) is 17.1 Å². The van der Waals surface area contributed by atoms with Crippen LogP contribution in [0.3, 0.4) is 0 Å². The van der Waals surface area contributed by atoms with Gasteiger partial charge in [-0.1, -0.05) is 127 Å². The first-order valence-electron chi connectivity index (χ1n) is 16.9. The van der Waals surface area contributed by atoms with Crippen molar-refractivity contribution in [1.29, 1.82) is 0 Å². The molecule has 0 aliphatic heterocycles. The monoisotopic (exact) mass is 621 g/mol. The summed E-state index contributed by atoms with van der Waals surface area (Å²) in [5.41, 5.74) is 8.37. The topological polar surface area (TPSA) is 3.24 Å². The molecule has 0 saturated heterocycles. The number of para-hydroxylation sites is 2. The van der Waals surface area contributed by atoms with E-state index in [9.17, 15) is 0 Å². The SMILES string of the molecule is c1ccc(N(c2ccccc2)c2ccc(-c3ccc4cc5cc(-c6ccc7ccc8cccc9ccc6c7c89)ccc5cc4c3)cc2)cc1. The average molecular weight is 622 g/mol. The number of fused-ring (bicyclic) bond motifs is 2. The summed E-state index contributed by atoms with van der Waals surface area (Å²) < 4.78 is 0. The Morgan fingerprint density at radius 2 is 0.755 bits per heavy atom. The van der Waals surface area contributed by atoms with E-state index < -0.39 is 0 Å². The van der Waals surface area contributed by atoms with Gasteiger partial charge in [-0.05, 0) is 137 Å². The quantitative estimate of drug-likeness (QED) is 0.136. The molecule has 10 rings (SSSR count). The molecule has 0 saturated carbocycles. The number of rotatable bonds is 5. The van der Waals surface area contributed by atoms with Crippen LogP contribution >= 0.6 is 0 Å². The van der Waals surface area contributed by atoms with Crippen LogP contribution in [-0.2, 0) is 0 Å². The Morgan fingerprint density at radius 1 is 0.265 bits per heavy atom. The maximum Gasteiger partial charge on any atom is 0.0462 e. The smallest absolute Gasteiger partial charge is 0.0462 e. The standard InChI is InChI=1S/C48H31N/c1-3-10-42(11-4-1)49(43-12-5-2-6-13-43)44-24-20-32(21-25-44)36-16-17-37-30-41-31-39(19-18-38(41)29-40(37)28-36)45-26-22-35-15-14-33-8-7-9-34-23-27-46(45)48(35)47(33)34/h1-31H. The van der Waals surface area contributed by atoms with E-state index in [-0.39, 0.29) is 0 Å². The molecule has 0 N–H and O–H groups in total. The summed E-state index contributed by atoms with van der Waals surface area (Å²) >= 11 is 0. The minimum absolute atomic E-state index is 1.13. The zero-order chi connectivity index (χ0) is 32.3. The van der Waals surface area contributed by atoms with E-state index in [1.807, 2.05) is 0 Å². The second kappa shape index (κ2) is 11.1. The third-order valence-electron chi connectivity index (χ3n) is 10.1. The van der Waals surface area contributed by atoms with Crippen LogP contribution in [0.2, 0.25) is 0 Å². The van der Waals surface area contributed by atoms with Gasteiger partial charge in [-0.3, -0.25) is 0 Å². The summed E-state index contributed by atoms with van der Waals surface area (Å²) in [6.07, 6.45) is 0. The van der Waals surface area contributed by atoms with Crippen LogP contribution in [-0.4, -0.2) is 0 Å². The molecule has 0 spiro atoms. The van der Waals surface area contributed by atoms with Crippen molar-refractivity contribution >= 4 is 70.9 Å². The second-order valence-corrected chi connectivity index (χ2v) is 13.0. The van der Waals surface area contributed by atoms with Gasteiger partial charge in [-0.2, -0.15) is 0 Å². The highest BCUT2D eigenvalue weighted by Gasteiger charge is 2.14. The molecule has 228 valence electrons. The Hall–Kier alpha value is -6.44. The highest BCUT2D eigenvalue weighted by Crippen LogP contribution is 2.41. The van der Waals surface area contributed by atoms with Crippen molar-refractivity contribution in [3.63, 3.8) is 0 Å². The molecule has 0 amide bonds. The molecule has 10 aromatic rings. The van der Waals surface area contributed by atoms with E-state index in [4.69, 9.17) is 0 Å². The molecule has 0 aliphatic rings. The van der Waals surface area contributed by atoms with Crippen LogP contribution < -0.4 is 4.90 Å². The van der Waals surface area contributed by atoms with Gasteiger partial charge in [0.2, 0.25) is 0 Å². The van der Waals surface area contributed by atoms with E-state index >= 15 is 0 Å². The minimum Gasteiger partial charge on any atom is -0.311 e. The van der Waals surface area contributed by atoms with Crippen LogP contribution in [0, 0.1) is 0 Å². The maximum absolute atomic E-state index is 2.36. The van der Waals surface area contributed by atoms with Gasteiger partial charge in [-0.25, -0.2) is 0 Å². The molecule has 0 atom stereocenters. The molecule has 49 heavy (non-hydrogen) atoms. The van der Waals surface area contributed by atoms with Gasteiger partial charge < -0.3 is 4.90 Å². The predicted octanol–water partition coefficient (Wildman–Crippen LogP) is 13.7. The van der Waals surface area contributed by atoms with Gasteiger partial charge >= 0.3 is 0 Å². The molecule has 0 radical (unpaired) electrons. The lowest BCUT2D eigenvalue weighted by molar-refractivity contribution is 1.28. The van der Waals surface area contributed by atoms with Gasteiger partial charge in [0.25, 0.3) is 0 Å². The molecule has 0 aliphatic carbocycles. The Morgan fingerprint density at radius 3 is 1.41 bits per heavy atom. The number of hydrogen-bond acceptors (Lipinski definition) is 1. The molecular formula is C48H31N. The molecule has 0 unspecified atom stereocenters. The van der Waals surface area contributed by atoms with Crippen molar-refractivity contribution < 1.29 is 0 Å². The minimum atomic E-state index is 1.13. The van der Waals surface area contributed by atoms with Crippen LogP contribution in [0.5, 0.6) is 0 Å². The fourth-order valence-electron chi connectivity index (χ4n) is 7.74. The molecule has 1 heteroatoms. The van der Waals surface area contributed by atoms with Gasteiger partial charge in [0.15, 0.2) is 0 Å². The third-order valence-corrected chi connectivity index (χ3v) is 10.1. The fraction of sp³-hybridized carbons (Fsp3) is 0. The lowest BCUT2D eigenvalue weighted by Gasteiger charge is -2.25. The number of hydrogen-bond donors (Lipinski definition) is 0. The lowest BCUT2D eigenvalue weighted by atomic mass is 9.89. The number of benzene rings is 10. The average Bonchev–Trinajstić information content (AvgIpc) is 3.17. The molecule has 0 aromatic heterocycles. The van der Waals surface area contributed by atoms with E-state index in [1.165, 1.54) is 76.1 Å². The van der Waals surface area contributed by atoms with Crippen molar-refractivity contribution in [3.8, 4) is 22.3 Å². The fourth-order valence-corrected chi connectivity index (χ4v) is 7.74. The maximum atomic E-state index is 2.36. The second-order valence-electron chi connectivity index (χ2n) is 13.0. The summed E-state index contributed by atoms with van der Waals surface area (Å²) in [5.74, 6) is 0. The van der Waals surface area contributed by atoms with Gasteiger partial charge in [-0.15, -0.1) is 0 Å². The molecule has 1 nitrogen and oxygen atoms in total. The number of nitrogens with zero attached hydrogens (tertiary/aromatic N) is 1. The summed E-state index contributed by atoms with van der Waals surface area (Å²) in [5, 5.41) is 12.9. The van der Waals surface area contributed by atoms with Crippen LogP contribution in [0.4, 0.5) is 17.1 Å². The Bertz CT molecular complexity index is 2740. The van der Waals surface area contributed by atoms with Crippen LogP contribution in [0.1, 0.15) is 0 Å². The Balaban J connectivity index is 1.01. The van der Waals surface area contributed by atoms with E-state index in [2.05, 4.69) is 193 Å². The Labute approximate surface area is 285 Å². The van der Waals surface area contributed by atoms with E-state index in [1.54, 1.807) is 0 Å². The van der Waals surface area contributed by atoms with Gasteiger partial charge in [0.1, 0.15) is 0 Å². The van der Waals surface area contributed by atoms with Crippen LogP contribution in [0.25, 0.3) is 76.1 Å². The van der Waals surface area contributed by atoms with Crippen molar-refractivity contribution in [1.82, 2.24) is 0 Å². The third kappa shape index (κ3) is 4.63. The van der Waals surface area contributed by atoms with Crippen LogP contribution in [0.15, 0.2) is 188 Å². The summed E-state index contributed by atoms with van der Waals surface area (Å²) in [7, 11) is 0. The Kier molecular flexibility index (Phi) is 6.25. The summed E-state index contributed by atoms with van der Waals surface area (Å²) in [6.45, 7) is 0. The first-order chi connectivity index (χ1) is 24.3. The van der Waals surface area contributed by atoms with Crippen molar-refractivity contribution in [2.45, 2.75) is 0 Å². The largest absolute Gasteiger partial charge is 0.311 e. The molecular weight excluding hydrogens is 591 g/mol. The van der Waals surface area contributed by atoms with Crippen molar-refractivity contribution in [2.75, 3.05) is 4.90 Å². The predicted molar refractivity (Wildman–Crippen MR) is 211 cm³/mol. The first-order valence-corrected chi connectivity index (χ1v) is 16.9. The zero-order valence-electron chi connectivity index (χ0n) is 26.8.